The van der Waals surface area contributed by atoms with Crippen molar-refractivity contribution in [1.29, 1.82) is 0 Å². The van der Waals surface area contributed by atoms with Crippen LogP contribution in [0.5, 0.6) is 0 Å². The van der Waals surface area contributed by atoms with Crippen molar-refractivity contribution in [3.05, 3.63) is 0 Å². The highest BCUT2D eigenvalue weighted by molar-refractivity contribution is 4.82. The van der Waals surface area contributed by atoms with Crippen LogP contribution in [0.15, 0.2) is 0 Å². The molecule has 1 saturated carbocycles. The molecular weight excluding hydrogens is 184 g/mol. The molecule has 0 amide bonds. The first-order valence-corrected chi connectivity index (χ1v) is 6.59. The van der Waals surface area contributed by atoms with Gasteiger partial charge in [0.15, 0.2) is 0 Å². The second-order valence-corrected chi connectivity index (χ2v) is 6.15. The minimum atomic E-state index is 0.633. The van der Waals surface area contributed by atoms with Gasteiger partial charge in [-0.05, 0) is 43.6 Å². The number of nitrogens with one attached hydrogen (secondary N) is 1. The van der Waals surface area contributed by atoms with E-state index in [2.05, 4.69) is 24.1 Å². The van der Waals surface area contributed by atoms with E-state index in [-0.39, 0.29) is 0 Å². The molecule has 1 saturated heterocycles. The topological polar surface area (TPSA) is 15.3 Å². The lowest BCUT2D eigenvalue weighted by atomic mass is 9.90. The smallest absolute Gasteiger partial charge is 0.0107 e. The molecule has 2 rings (SSSR count). The Morgan fingerprint density at radius 3 is 2.60 bits per heavy atom. The van der Waals surface area contributed by atoms with Gasteiger partial charge in [-0.15, -0.1) is 0 Å². The molecule has 88 valence electrons. The van der Waals surface area contributed by atoms with Crippen molar-refractivity contribution < 1.29 is 0 Å². The fraction of sp³-hybridized carbons (Fsp3) is 1.00. The third kappa shape index (κ3) is 3.46. The Balaban J connectivity index is 1.65. The molecule has 1 N–H and O–H groups in total. The van der Waals surface area contributed by atoms with Gasteiger partial charge >= 0.3 is 0 Å². The van der Waals surface area contributed by atoms with Crippen molar-refractivity contribution >= 4 is 0 Å². The van der Waals surface area contributed by atoms with Crippen LogP contribution in [0.1, 0.15) is 39.5 Å². The molecule has 0 spiro atoms. The molecule has 2 aliphatic rings. The van der Waals surface area contributed by atoms with Gasteiger partial charge in [-0.2, -0.15) is 0 Å². The highest BCUT2D eigenvalue weighted by atomic mass is 15.2. The zero-order chi connectivity index (χ0) is 10.7. The highest BCUT2D eigenvalue weighted by Gasteiger charge is 2.30. The number of piperazine rings is 1. The van der Waals surface area contributed by atoms with Crippen molar-refractivity contribution in [2.24, 2.45) is 11.3 Å². The molecule has 1 aliphatic carbocycles. The Morgan fingerprint density at radius 1 is 1.27 bits per heavy atom. The molecule has 1 atom stereocenters. The fourth-order valence-corrected chi connectivity index (χ4v) is 3.13. The predicted molar refractivity (Wildman–Crippen MR) is 65.0 cm³/mol. The van der Waals surface area contributed by atoms with Gasteiger partial charge in [0.2, 0.25) is 0 Å². The average molecular weight is 210 g/mol. The van der Waals surface area contributed by atoms with Gasteiger partial charge < -0.3 is 10.2 Å². The molecule has 2 nitrogen and oxygen atoms in total. The summed E-state index contributed by atoms with van der Waals surface area (Å²) in [6.07, 6.45) is 5.81. The van der Waals surface area contributed by atoms with Gasteiger partial charge in [-0.3, -0.25) is 0 Å². The molecule has 2 heteroatoms. The Kier molecular flexibility index (Phi) is 3.68. The second-order valence-electron chi connectivity index (χ2n) is 6.15. The van der Waals surface area contributed by atoms with Crippen LogP contribution < -0.4 is 5.32 Å². The van der Waals surface area contributed by atoms with Gasteiger partial charge in [0, 0.05) is 26.2 Å². The summed E-state index contributed by atoms with van der Waals surface area (Å²) in [5, 5.41) is 3.41. The monoisotopic (exact) mass is 210 g/mol. The molecule has 1 aliphatic heterocycles. The van der Waals surface area contributed by atoms with Crippen LogP contribution in [0, 0.1) is 11.3 Å². The van der Waals surface area contributed by atoms with Gasteiger partial charge in [-0.1, -0.05) is 13.8 Å². The van der Waals surface area contributed by atoms with Crippen molar-refractivity contribution in [2.75, 3.05) is 32.7 Å². The molecule has 0 bridgehead atoms. The van der Waals surface area contributed by atoms with Crippen LogP contribution >= 0.6 is 0 Å². The molecular formula is C13H26N2. The second kappa shape index (κ2) is 4.84. The first-order valence-electron chi connectivity index (χ1n) is 6.59. The lowest BCUT2D eigenvalue weighted by Crippen LogP contribution is -2.44. The molecule has 0 aromatic heterocycles. The van der Waals surface area contributed by atoms with E-state index < -0.39 is 0 Å². The first-order chi connectivity index (χ1) is 7.16. The Labute approximate surface area is 94.4 Å². The minimum absolute atomic E-state index is 0.633. The molecule has 0 aromatic rings. The molecule has 2 fully saturated rings. The van der Waals surface area contributed by atoms with E-state index in [0.717, 1.165) is 5.92 Å². The summed E-state index contributed by atoms with van der Waals surface area (Å²) in [7, 11) is 0. The first kappa shape index (κ1) is 11.4. The molecule has 15 heavy (non-hydrogen) atoms. The van der Waals surface area contributed by atoms with Crippen LogP contribution in [0.2, 0.25) is 0 Å². The van der Waals surface area contributed by atoms with E-state index in [0.29, 0.717) is 5.41 Å². The number of rotatable bonds is 3. The Morgan fingerprint density at radius 2 is 2.00 bits per heavy atom. The predicted octanol–water partition coefficient (Wildman–Crippen LogP) is 2.11. The summed E-state index contributed by atoms with van der Waals surface area (Å²) in [6, 6.07) is 0. The van der Waals surface area contributed by atoms with E-state index in [1.807, 2.05) is 0 Å². The molecule has 1 unspecified atom stereocenters. The van der Waals surface area contributed by atoms with Gasteiger partial charge in [0.05, 0.1) is 0 Å². The fourth-order valence-electron chi connectivity index (χ4n) is 3.13. The standard InChI is InChI=1S/C13H26N2/c1-13(2)5-3-12(11-13)4-8-15-9-6-14-7-10-15/h12,14H,3-11H2,1-2H3. The van der Waals surface area contributed by atoms with Crippen molar-refractivity contribution in [3.8, 4) is 0 Å². The van der Waals surface area contributed by atoms with E-state index in [1.165, 1.54) is 58.4 Å². The summed E-state index contributed by atoms with van der Waals surface area (Å²) in [5.41, 5.74) is 0.633. The normalized spacial score (nSPS) is 32.0. The van der Waals surface area contributed by atoms with Crippen LogP contribution in [-0.4, -0.2) is 37.6 Å². The summed E-state index contributed by atoms with van der Waals surface area (Å²) < 4.78 is 0. The lowest BCUT2D eigenvalue weighted by Gasteiger charge is -2.28. The summed E-state index contributed by atoms with van der Waals surface area (Å²) in [4.78, 5) is 2.63. The van der Waals surface area contributed by atoms with Crippen LogP contribution in [0.25, 0.3) is 0 Å². The number of hydrogen-bond donors (Lipinski definition) is 1. The Bertz CT molecular complexity index is 195. The van der Waals surface area contributed by atoms with Gasteiger partial charge in [0.1, 0.15) is 0 Å². The summed E-state index contributed by atoms with van der Waals surface area (Å²) in [6.45, 7) is 11.1. The largest absolute Gasteiger partial charge is 0.314 e. The maximum atomic E-state index is 3.41. The number of nitrogens with zero attached hydrogens (tertiary/aromatic N) is 1. The van der Waals surface area contributed by atoms with E-state index >= 15 is 0 Å². The molecule has 0 aromatic carbocycles. The van der Waals surface area contributed by atoms with Gasteiger partial charge in [-0.25, -0.2) is 0 Å². The quantitative estimate of drug-likeness (QED) is 0.767. The third-order valence-electron chi connectivity index (χ3n) is 4.13. The zero-order valence-corrected chi connectivity index (χ0v) is 10.4. The third-order valence-corrected chi connectivity index (χ3v) is 4.13. The van der Waals surface area contributed by atoms with E-state index in [4.69, 9.17) is 0 Å². The SMILES string of the molecule is CC1(C)CCC(CCN2CCNCC2)C1. The van der Waals surface area contributed by atoms with Crippen molar-refractivity contribution in [2.45, 2.75) is 39.5 Å². The lowest BCUT2D eigenvalue weighted by molar-refractivity contribution is 0.220. The molecule has 1 heterocycles. The van der Waals surface area contributed by atoms with Crippen LogP contribution in [-0.2, 0) is 0 Å². The zero-order valence-electron chi connectivity index (χ0n) is 10.4. The Hall–Kier alpha value is -0.0800. The van der Waals surface area contributed by atoms with Crippen LogP contribution in [0.4, 0.5) is 0 Å². The van der Waals surface area contributed by atoms with E-state index in [1.54, 1.807) is 0 Å². The number of hydrogen-bond acceptors (Lipinski definition) is 2. The molecule has 0 radical (unpaired) electrons. The minimum Gasteiger partial charge on any atom is -0.314 e. The highest BCUT2D eigenvalue weighted by Crippen LogP contribution is 2.42. The average Bonchev–Trinajstić information content (AvgIpc) is 2.57. The van der Waals surface area contributed by atoms with E-state index in [9.17, 15) is 0 Å². The van der Waals surface area contributed by atoms with Gasteiger partial charge in [0.25, 0.3) is 0 Å². The maximum absolute atomic E-state index is 3.41. The maximum Gasteiger partial charge on any atom is 0.0107 e. The van der Waals surface area contributed by atoms with Crippen molar-refractivity contribution in [1.82, 2.24) is 10.2 Å². The van der Waals surface area contributed by atoms with Crippen molar-refractivity contribution in [3.63, 3.8) is 0 Å². The van der Waals surface area contributed by atoms with Crippen LogP contribution in [0.3, 0.4) is 0 Å². The summed E-state index contributed by atoms with van der Waals surface area (Å²) in [5.74, 6) is 1.01. The summed E-state index contributed by atoms with van der Waals surface area (Å²) >= 11 is 0.